The van der Waals surface area contributed by atoms with E-state index in [0.717, 1.165) is 30.3 Å². The van der Waals surface area contributed by atoms with Gasteiger partial charge in [-0.2, -0.15) is 5.10 Å². The zero-order valence-corrected chi connectivity index (χ0v) is 11.4. The van der Waals surface area contributed by atoms with Gasteiger partial charge in [-0.15, -0.1) is 0 Å². The van der Waals surface area contributed by atoms with Gasteiger partial charge in [-0.1, -0.05) is 0 Å². The van der Waals surface area contributed by atoms with E-state index in [1.807, 2.05) is 19.3 Å². The number of aromatic nitrogens is 3. The molecule has 0 aliphatic carbocycles. The highest BCUT2D eigenvalue weighted by atomic mass is 16.4. The molecule has 2 aromatic rings. The Labute approximate surface area is 107 Å². The molecule has 5 nitrogen and oxygen atoms in total. The largest absolute Gasteiger partial charge is 0.439 e. The predicted molar refractivity (Wildman–Crippen MR) is 70.2 cm³/mol. The SMILES string of the molecule is Cn1ccc(-c2cnc(CCNC(C)(C)C)o2)n1. The van der Waals surface area contributed by atoms with Crippen LogP contribution in [-0.4, -0.2) is 26.8 Å². The summed E-state index contributed by atoms with van der Waals surface area (Å²) in [6.45, 7) is 7.28. The molecule has 1 N–H and O–H groups in total. The minimum absolute atomic E-state index is 0.121. The first-order chi connectivity index (χ1) is 8.44. The van der Waals surface area contributed by atoms with Crippen LogP contribution in [0.1, 0.15) is 26.7 Å². The molecule has 0 atom stereocenters. The van der Waals surface area contributed by atoms with Crippen LogP contribution in [0, 0.1) is 0 Å². The Morgan fingerprint density at radius 3 is 2.78 bits per heavy atom. The number of nitrogens with zero attached hydrogens (tertiary/aromatic N) is 3. The number of aryl methyl sites for hydroxylation is 1. The second-order valence-electron chi connectivity index (χ2n) is 5.42. The molecule has 0 amide bonds. The highest BCUT2D eigenvalue weighted by Gasteiger charge is 2.11. The third-order valence-corrected chi connectivity index (χ3v) is 2.51. The van der Waals surface area contributed by atoms with Crippen LogP contribution < -0.4 is 5.32 Å². The van der Waals surface area contributed by atoms with Crippen molar-refractivity contribution in [3.63, 3.8) is 0 Å². The first-order valence-electron chi connectivity index (χ1n) is 6.14. The van der Waals surface area contributed by atoms with Gasteiger partial charge in [0.15, 0.2) is 11.7 Å². The van der Waals surface area contributed by atoms with Gasteiger partial charge in [0.2, 0.25) is 0 Å². The molecule has 0 aliphatic heterocycles. The van der Waals surface area contributed by atoms with E-state index in [0.29, 0.717) is 0 Å². The fourth-order valence-electron chi connectivity index (χ4n) is 1.64. The highest BCUT2D eigenvalue weighted by Crippen LogP contribution is 2.17. The summed E-state index contributed by atoms with van der Waals surface area (Å²) in [4.78, 5) is 4.27. The van der Waals surface area contributed by atoms with Crippen LogP contribution in [0.3, 0.4) is 0 Å². The van der Waals surface area contributed by atoms with Gasteiger partial charge in [-0.3, -0.25) is 4.68 Å². The van der Waals surface area contributed by atoms with Crippen LogP contribution in [0.5, 0.6) is 0 Å². The van der Waals surface area contributed by atoms with Crippen molar-refractivity contribution in [2.45, 2.75) is 32.7 Å². The lowest BCUT2D eigenvalue weighted by Crippen LogP contribution is -2.37. The first kappa shape index (κ1) is 12.8. The first-order valence-corrected chi connectivity index (χ1v) is 6.14. The topological polar surface area (TPSA) is 55.9 Å². The average Bonchev–Trinajstić information content (AvgIpc) is 2.85. The molecule has 5 heteroatoms. The Balaban J connectivity index is 1.94. The van der Waals surface area contributed by atoms with Crippen LogP contribution in [0.25, 0.3) is 11.5 Å². The second-order valence-corrected chi connectivity index (χ2v) is 5.42. The summed E-state index contributed by atoms with van der Waals surface area (Å²) in [7, 11) is 1.88. The maximum atomic E-state index is 5.67. The molecule has 0 unspecified atom stereocenters. The molecule has 0 fully saturated rings. The molecule has 2 heterocycles. The van der Waals surface area contributed by atoms with Gasteiger partial charge >= 0.3 is 0 Å². The Morgan fingerprint density at radius 2 is 2.17 bits per heavy atom. The van der Waals surface area contributed by atoms with Crippen molar-refractivity contribution in [3.05, 3.63) is 24.4 Å². The number of hydrogen-bond donors (Lipinski definition) is 1. The molecule has 2 aromatic heterocycles. The Kier molecular flexibility index (Phi) is 3.52. The van der Waals surface area contributed by atoms with Gasteiger partial charge in [0.25, 0.3) is 0 Å². The van der Waals surface area contributed by atoms with Crippen LogP contribution in [0.2, 0.25) is 0 Å². The molecular weight excluding hydrogens is 228 g/mol. The molecule has 18 heavy (non-hydrogen) atoms. The second kappa shape index (κ2) is 4.94. The zero-order valence-electron chi connectivity index (χ0n) is 11.4. The van der Waals surface area contributed by atoms with Gasteiger partial charge in [-0.25, -0.2) is 4.98 Å². The Bertz CT molecular complexity index is 507. The molecule has 0 saturated heterocycles. The van der Waals surface area contributed by atoms with Gasteiger partial charge < -0.3 is 9.73 Å². The van der Waals surface area contributed by atoms with Crippen LogP contribution >= 0.6 is 0 Å². The molecule has 0 spiro atoms. The molecule has 2 rings (SSSR count). The lowest BCUT2D eigenvalue weighted by molar-refractivity contribution is 0.411. The smallest absolute Gasteiger partial charge is 0.196 e. The summed E-state index contributed by atoms with van der Waals surface area (Å²) in [6.07, 6.45) is 4.40. The summed E-state index contributed by atoms with van der Waals surface area (Å²) in [6, 6.07) is 1.91. The summed E-state index contributed by atoms with van der Waals surface area (Å²) >= 11 is 0. The Hall–Kier alpha value is -1.62. The maximum absolute atomic E-state index is 5.67. The van der Waals surface area contributed by atoms with Gasteiger partial charge in [0, 0.05) is 31.7 Å². The van der Waals surface area contributed by atoms with Crippen LogP contribution in [0.15, 0.2) is 22.9 Å². The van der Waals surface area contributed by atoms with Gasteiger partial charge in [0.05, 0.1) is 6.20 Å². The number of hydrogen-bond acceptors (Lipinski definition) is 4. The van der Waals surface area contributed by atoms with Gasteiger partial charge in [0.1, 0.15) is 5.69 Å². The van der Waals surface area contributed by atoms with Crippen molar-refractivity contribution in [2.24, 2.45) is 7.05 Å². The van der Waals surface area contributed by atoms with E-state index in [1.165, 1.54) is 0 Å². The van der Waals surface area contributed by atoms with Crippen molar-refractivity contribution < 1.29 is 4.42 Å². The Morgan fingerprint density at radius 1 is 1.39 bits per heavy atom. The fourth-order valence-corrected chi connectivity index (χ4v) is 1.64. The van der Waals surface area contributed by atoms with Crippen molar-refractivity contribution in [1.29, 1.82) is 0 Å². The molecule has 0 aromatic carbocycles. The van der Waals surface area contributed by atoms with Crippen molar-refractivity contribution in [2.75, 3.05) is 6.54 Å². The summed E-state index contributed by atoms with van der Waals surface area (Å²) in [5.74, 6) is 1.47. The summed E-state index contributed by atoms with van der Waals surface area (Å²) < 4.78 is 7.42. The van der Waals surface area contributed by atoms with Crippen molar-refractivity contribution in [1.82, 2.24) is 20.1 Å². The monoisotopic (exact) mass is 248 g/mol. The maximum Gasteiger partial charge on any atom is 0.196 e. The standard InChI is InChI=1S/C13H20N4O/c1-13(2,3)15-7-5-12-14-9-11(18-12)10-6-8-17(4)16-10/h6,8-9,15H,5,7H2,1-4H3. The third-order valence-electron chi connectivity index (χ3n) is 2.51. The number of oxazole rings is 1. The minimum Gasteiger partial charge on any atom is -0.439 e. The molecule has 0 saturated carbocycles. The average molecular weight is 248 g/mol. The van der Waals surface area contributed by atoms with E-state index < -0.39 is 0 Å². The van der Waals surface area contributed by atoms with E-state index in [4.69, 9.17) is 4.42 Å². The van der Waals surface area contributed by atoms with E-state index in [1.54, 1.807) is 10.9 Å². The molecular formula is C13H20N4O. The predicted octanol–water partition coefficient (Wildman–Crippen LogP) is 2.01. The lowest BCUT2D eigenvalue weighted by atomic mass is 10.1. The van der Waals surface area contributed by atoms with Crippen molar-refractivity contribution >= 4 is 0 Å². The molecule has 0 bridgehead atoms. The highest BCUT2D eigenvalue weighted by molar-refractivity contribution is 5.49. The van der Waals surface area contributed by atoms with Crippen LogP contribution in [-0.2, 0) is 13.5 Å². The van der Waals surface area contributed by atoms with E-state index >= 15 is 0 Å². The van der Waals surface area contributed by atoms with E-state index in [-0.39, 0.29) is 5.54 Å². The zero-order chi connectivity index (χ0) is 13.2. The molecule has 0 radical (unpaired) electrons. The quantitative estimate of drug-likeness (QED) is 0.899. The minimum atomic E-state index is 0.121. The van der Waals surface area contributed by atoms with Crippen molar-refractivity contribution in [3.8, 4) is 11.5 Å². The number of rotatable bonds is 4. The fraction of sp³-hybridized carbons (Fsp3) is 0.538. The molecule has 98 valence electrons. The molecule has 0 aliphatic rings. The van der Waals surface area contributed by atoms with E-state index in [2.05, 4.69) is 36.2 Å². The lowest BCUT2D eigenvalue weighted by Gasteiger charge is -2.19. The third kappa shape index (κ3) is 3.43. The summed E-state index contributed by atoms with van der Waals surface area (Å²) in [5, 5.41) is 7.68. The van der Waals surface area contributed by atoms with E-state index in [9.17, 15) is 0 Å². The van der Waals surface area contributed by atoms with Gasteiger partial charge in [-0.05, 0) is 26.8 Å². The number of nitrogens with one attached hydrogen (secondary N) is 1. The normalized spacial score (nSPS) is 12.0. The summed E-state index contributed by atoms with van der Waals surface area (Å²) in [5.41, 5.74) is 0.941. The van der Waals surface area contributed by atoms with Crippen LogP contribution in [0.4, 0.5) is 0 Å².